The summed E-state index contributed by atoms with van der Waals surface area (Å²) in [6.45, 7) is 8.22. The van der Waals surface area contributed by atoms with E-state index in [4.69, 9.17) is 5.73 Å². The first-order valence-corrected chi connectivity index (χ1v) is 8.47. The van der Waals surface area contributed by atoms with Gasteiger partial charge in [0, 0.05) is 12.2 Å². The molecule has 0 radical (unpaired) electrons. The maximum atomic E-state index is 13.9. The molecule has 114 valence electrons. The molecule has 0 aliphatic carbocycles. The van der Waals surface area contributed by atoms with Crippen molar-refractivity contribution in [1.29, 1.82) is 0 Å². The van der Waals surface area contributed by atoms with Gasteiger partial charge in [0.1, 0.15) is 4.90 Å². The van der Waals surface area contributed by atoms with Gasteiger partial charge in [0.2, 0.25) is 10.0 Å². The summed E-state index contributed by atoms with van der Waals surface area (Å²) >= 11 is 2.95. The molecular formula is C13H20BrFN2O2S. The summed E-state index contributed by atoms with van der Waals surface area (Å²) in [6.07, 6.45) is 0. The molecule has 0 bridgehead atoms. The molecule has 0 aliphatic rings. The van der Waals surface area contributed by atoms with Crippen LogP contribution in [0, 0.1) is 17.2 Å². The van der Waals surface area contributed by atoms with Gasteiger partial charge in [-0.1, -0.05) is 27.7 Å². The Hall–Kier alpha value is -0.660. The van der Waals surface area contributed by atoms with Crippen LogP contribution in [0.15, 0.2) is 21.5 Å². The largest absolute Gasteiger partial charge is 0.399 e. The summed E-state index contributed by atoms with van der Waals surface area (Å²) in [5, 5.41) is 0. The molecule has 0 spiro atoms. The minimum absolute atomic E-state index is 0.0294. The third kappa shape index (κ3) is 4.17. The molecule has 0 aromatic heterocycles. The van der Waals surface area contributed by atoms with Gasteiger partial charge in [-0.25, -0.2) is 17.5 Å². The van der Waals surface area contributed by atoms with E-state index in [1.807, 2.05) is 27.7 Å². The second-order valence-corrected chi connectivity index (χ2v) is 8.52. The SMILES string of the molecule is CC(CNS(=O)(=O)c1cc(N)cc(Br)c1F)C(C)(C)C. The maximum Gasteiger partial charge on any atom is 0.243 e. The second kappa shape index (κ2) is 5.99. The van der Waals surface area contributed by atoms with E-state index in [2.05, 4.69) is 20.7 Å². The van der Waals surface area contributed by atoms with Crippen LogP contribution in [0.3, 0.4) is 0 Å². The molecule has 0 saturated carbocycles. The fourth-order valence-electron chi connectivity index (χ4n) is 1.40. The van der Waals surface area contributed by atoms with Gasteiger partial charge >= 0.3 is 0 Å². The van der Waals surface area contributed by atoms with Gasteiger partial charge in [0.05, 0.1) is 4.47 Å². The molecule has 7 heteroatoms. The number of nitrogens with two attached hydrogens (primary N) is 1. The number of nitrogens with one attached hydrogen (secondary N) is 1. The smallest absolute Gasteiger partial charge is 0.243 e. The van der Waals surface area contributed by atoms with Crippen molar-refractivity contribution in [3.63, 3.8) is 0 Å². The zero-order valence-electron chi connectivity index (χ0n) is 12.0. The van der Waals surface area contributed by atoms with E-state index in [0.29, 0.717) is 0 Å². The first-order chi connectivity index (χ1) is 8.95. The minimum atomic E-state index is -3.93. The fraction of sp³-hybridized carbons (Fsp3) is 0.538. The Morgan fingerprint density at radius 2 is 1.95 bits per heavy atom. The predicted octanol–water partition coefficient (Wildman–Crippen LogP) is 3.13. The highest BCUT2D eigenvalue weighted by Gasteiger charge is 2.25. The summed E-state index contributed by atoms with van der Waals surface area (Å²) in [4.78, 5) is -0.439. The standard InChI is InChI=1S/C13H20BrFN2O2S/c1-8(13(2,3)4)7-17-20(18,19)11-6-9(16)5-10(14)12(11)15/h5-6,8,17H,7,16H2,1-4H3. The van der Waals surface area contributed by atoms with Crippen molar-refractivity contribution in [3.8, 4) is 0 Å². The van der Waals surface area contributed by atoms with E-state index in [0.717, 1.165) is 6.07 Å². The van der Waals surface area contributed by atoms with Crippen molar-refractivity contribution >= 4 is 31.6 Å². The summed E-state index contributed by atoms with van der Waals surface area (Å²) in [5.41, 5.74) is 5.70. The average Bonchev–Trinajstić information content (AvgIpc) is 2.29. The van der Waals surface area contributed by atoms with Gasteiger partial charge in [-0.3, -0.25) is 0 Å². The maximum absolute atomic E-state index is 13.9. The van der Waals surface area contributed by atoms with Crippen LogP contribution < -0.4 is 10.5 Å². The molecule has 20 heavy (non-hydrogen) atoms. The normalized spacial score (nSPS) is 14.3. The summed E-state index contributed by atoms with van der Waals surface area (Å²) in [6, 6.07) is 2.44. The Morgan fingerprint density at radius 1 is 1.40 bits per heavy atom. The van der Waals surface area contributed by atoms with Crippen molar-refractivity contribution in [2.24, 2.45) is 11.3 Å². The molecule has 1 rings (SSSR count). The Balaban J connectivity index is 3.02. The molecule has 1 atom stereocenters. The first kappa shape index (κ1) is 17.4. The minimum Gasteiger partial charge on any atom is -0.399 e. The van der Waals surface area contributed by atoms with E-state index in [-0.39, 0.29) is 28.0 Å². The quantitative estimate of drug-likeness (QED) is 0.804. The Labute approximate surface area is 128 Å². The van der Waals surface area contributed by atoms with Crippen LogP contribution in [-0.2, 0) is 10.0 Å². The summed E-state index contributed by atoms with van der Waals surface area (Å²) in [5.74, 6) is -0.736. The topological polar surface area (TPSA) is 72.2 Å². The zero-order chi connectivity index (χ0) is 15.7. The molecule has 0 heterocycles. The first-order valence-electron chi connectivity index (χ1n) is 6.19. The molecule has 0 amide bonds. The number of sulfonamides is 1. The molecule has 3 N–H and O–H groups in total. The van der Waals surface area contributed by atoms with Crippen LogP contribution in [0.5, 0.6) is 0 Å². The third-order valence-electron chi connectivity index (χ3n) is 3.36. The molecule has 0 fully saturated rings. The van der Waals surface area contributed by atoms with Gasteiger partial charge in [0.15, 0.2) is 5.82 Å². The number of rotatable bonds is 4. The zero-order valence-corrected chi connectivity index (χ0v) is 14.4. The summed E-state index contributed by atoms with van der Waals surface area (Å²) < 4.78 is 40.7. The lowest BCUT2D eigenvalue weighted by molar-refractivity contribution is 0.263. The summed E-state index contributed by atoms with van der Waals surface area (Å²) in [7, 11) is -3.93. The Kier molecular flexibility index (Phi) is 5.21. The number of nitrogen functional groups attached to an aromatic ring is 1. The highest BCUT2D eigenvalue weighted by molar-refractivity contribution is 9.10. The van der Waals surface area contributed by atoms with E-state index in [9.17, 15) is 12.8 Å². The Bertz CT molecular complexity index is 597. The van der Waals surface area contributed by atoms with Crippen molar-refractivity contribution in [2.75, 3.05) is 12.3 Å². The van der Waals surface area contributed by atoms with Gasteiger partial charge in [-0.15, -0.1) is 0 Å². The number of benzene rings is 1. The van der Waals surface area contributed by atoms with E-state index >= 15 is 0 Å². The number of halogens is 2. The van der Waals surface area contributed by atoms with Gasteiger partial charge in [0.25, 0.3) is 0 Å². The van der Waals surface area contributed by atoms with E-state index in [1.54, 1.807) is 0 Å². The number of hydrogen-bond donors (Lipinski definition) is 2. The third-order valence-corrected chi connectivity index (χ3v) is 5.36. The molecule has 1 unspecified atom stereocenters. The van der Waals surface area contributed by atoms with E-state index in [1.165, 1.54) is 6.07 Å². The van der Waals surface area contributed by atoms with Crippen LogP contribution in [0.2, 0.25) is 0 Å². The molecule has 1 aromatic rings. The molecular weight excluding hydrogens is 347 g/mol. The van der Waals surface area contributed by atoms with Crippen molar-refractivity contribution in [2.45, 2.75) is 32.6 Å². The number of anilines is 1. The predicted molar refractivity (Wildman–Crippen MR) is 82.3 cm³/mol. The van der Waals surface area contributed by atoms with Crippen LogP contribution >= 0.6 is 15.9 Å². The molecule has 0 saturated heterocycles. The lowest BCUT2D eigenvalue weighted by Crippen LogP contribution is -2.34. The van der Waals surface area contributed by atoms with Crippen LogP contribution in [0.25, 0.3) is 0 Å². The number of hydrogen-bond acceptors (Lipinski definition) is 3. The van der Waals surface area contributed by atoms with Crippen molar-refractivity contribution in [1.82, 2.24) is 4.72 Å². The highest BCUT2D eigenvalue weighted by Crippen LogP contribution is 2.27. The van der Waals surface area contributed by atoms with Crippen molar-refractivity contribution < 1.29 is 12.8 Å². The Morgan fingerprint density at radius 3 is 2.45 bits per heavy atom. The lowest BCUT2D eigenvalue weighted by Gasteiger charge is -2.27. The monoisotopic (exact) mass is 366 g/mol. The van der Waals surface area contributed by atoms with Crippen LogP contribution in [0.4, 0.5) is 10.1 Å². The molecule has 1 aromatic carbocycles. The fourth-order valence-corrected chi connectivity index (χ4v) is 3.27. The van der Waals surface area contributed by atoms with Gasteiger partial charge < -0.3 is 5.73 Å². The average molecular weight is 367 g/mol. The van der Waals surface area contributed by atoms with Crippen LogP contribution in [-0.4, -0.2) is 15.0 Å². The van der Waals surface area contributed by atoms with Crippen LogP contribution in [0.1, 0.15) is 27.7 Å². The highest BCUT2D eigenvalue weighted by atomic mass is 79.9. The van der Waals surface area contributed by atoms with Gasteiger partial charge in [-0.05, 0) is 39.4 Å². The molecule has 4 nitrogen and oxygen atoms in total. The van der Waals surface area contributed by atoms with Gasteiger partial charge in [-0.2, -0.15) is 0 Å². The van der Waals surface area contributed by atoms with E-state index < -0.39 is 20.7 Å². The second-order valence-electron chi connectivity index (χ2n) is 5.93. The molecule has 0 aliphatic heterocycles. The van der Waals surface area contributed by atoms with Crippen molar-refractivity contribution in [3.05, 3.63) is 22.4 Å². The lowest BCUT2D eigenvalue weighted by atomic mass is 9.82.